The summed E-state index contributed by atoms with van der Waals surface area (Å²) >= 11 is 1.38. The van der Waals surface area contributed by atoms with Crippen LogP contribution in [0.15, 0.2) is 41.9 Å². The molecule has 0 spiro atoms. The van der Waals surface area contributed by atoms with Crippen LogP contribution in [0.2, 0.25) is 0 Å². The molecule has 33 heavy (non-hydrogen) atoms. The van der Waals surface area contributed by atoms with E-state index in [4.69, 9.17) is 9.72 Å². The molecule has 4 heterocycles. The lowest BCUT2D eigenvalue weighted by atomic mass is 10.2. The number of hydrogen-bond donors (Lipinski definition) is 2. The minimum absolute atomic E-state index is 0.0985. The number of hydrogen-bond acceptors (Lipinski definition) is 6. The third-order valence-electron chi connectivity index (χ3n) is 5.78. The SMILES string of the molecule is Cn1cc(C(=O)N2CCOCC2)c(O)c1-c1nc2cc(NC(=O)c3cccs3)ccc2n1C. The first-order chi connectivity index (χ1) is 15.9. The van der Waals surface area contributed by atoms with E-state index in [1.807, 2.05) is 35.2 Å². The van der Waals surface area contributed by atoms with Crippen molar-refractivity contribution in [1.82, 2.24) is 19.0 Å². The second kappa shape index (κ2) is 8.38. The summed E-state index contributed by atoms with van der Waals surface area (Å²) in [5.41, 5.74) is 2.82. The Morgan fingerprint density at radius 2 is 1.97 bits per heavy atom. The van der Waals surface area contributed by atoms with E-state index >= 15 is 0 Å². The van der Waals surface area contributed by atoms with Gasteiger partial charge in [0.25, 0.3) is 11.8 Å². The van der Waals surface area contributed by atoms with Crippen molar-refractivity contribution >= 4 is 39.9 Å². The standard InChI is InChI=1S/C23H23N5O4S/c1-26-13-15(23(31)28-7-9-32-10-8-28)20(29)19(26)21-25-16-12-14(5-6-17(16)27(21)2)24-22(30)18-4-3-11-33-18/h3-6,11-13,29H,7-10H2,1-2H3,(H,24,30). The number of thiophene rings is 1. The van der Waals surface area contributed by atoms with Gasteiger partial charge in [0.2, 0.25) is 0 Å². The second-order valence-corrected chi connectivity index (χ2v) is 8.83. The summed E-state index contributed by atoms with van der Waals surface area (Å²) in [6, 6.07) is 9.08. The number of carbonyl (C=O) groups excluding carboxylic acids is 2. The van der Waals surface area contributed by atoms with Gasteiger partial charge in [0.1, 0.15) is 5.69 Å². The summed E-state index contributed by atoms with van der Waals surface area (Å²) in [5.74, 6) is 0.0215. The van der Waals surface area contributed by atoms with Gasteiger partial charge in [-0.1, -0.05) is 6.07 Å². The van der Waals surface area contributed by atoms with E-state index < -0.39 is 0 Å². The molecule has 0 bridgehead atoms. The number of morpholine rings is 1. The third-order valence-corrected chi connectivity index (χ3v) is 6.65. The lowest BCUT2D eigenvalue weighted by Crippen LogP contribution is -2.40. The summed E-state index contributed by atoms with van der Waals surface area (Å²) in [7, 11) is 3.63. The van der Waals surface area contributed by atoms with E-state index in [0.717, 1.165) is 5.52 Å². The monoisotopic (exact) mass is 465 g/mol. The summed E-state index contributed by atoms with van der Waals surface area (Å²) in [4.78, 5) is 32.4. The molecule has 1 aliphatic rings. The first-order valence-electron chi connectivity index (χ1n) is 10.5. The Morgan fingerprint density at radius 3 is 2.70 bits per heavy atom. The van der Waals surface area contributed by atoms with Gasteiger partial charge in [-0.15, -0.1) is 11.3 Å². The van der Waals surface area contributed by atoms with Crippen LogP contribution in [0.5, 0.6) is 5.75 Å². The first kappa shape index (κ1) is 21.2. The highest BCUT2D eigenvalue weighted by Gasteiger charge is 2.27. The highest BCUT2D eigenvalue weighted by Crippen LogP contribution is 2.35. The number of amides is 2. The van der Waals surface area contributed by atoms with Crippen LogP contribution < -0.4 is 5.32 Å². The molecule has 0 saturated carbocycles. The fourth-order valence-corrected chi connectivity index (χ4v) is 4.68. The zero-order valence-corrected chi connectivity index (χ0v) is 19.1. The molecule has 0 atom stereocenters. The van der Waals surface area contributed by atoms with Crippen molar-refractivity contribution in [2.45, 2.75) is 0 Å². The van der Waals surface area contributed by atoms with Crippen molar-refractivity contribution in [2.75, 3.05) is 31.6 Å². The number of carbonyl (C=O) groups is 2. The van der Waals surface area contributed by atoms with Gasteiger partial charge in [0.15, 0.2) is 11.6 Å². The fourth-order valence-electron chi connectivity index (χ4n) is 4.06. The van der Waals surface area contributed by atoms with E-state index in [1.54, 1.807) is 34.8 Å². The molecular formula is C23H23N5O4S. The van der Waals surface area contributed by atoms with E-state index in [-0.39, 0.29) is 23.1 Å². The van der Waals surface area contributed by atoms with E-state index in [0.29, 0.717) is 53.9 Å². The second-order valence-electron chi connectivity index (χ2n) is 7.88. The van der Waals surface area contributed by atoms with Crippen LogP contribution in [0.25, 0.3) is 22.6 Å². The van der Waals surface area contributed by atoms with Crippen LogP contribution in [0.4, 0.5) is 5.69 Å². The number of aromatic nitrogens is 3. The molecule has 10 heteroatoms. The normalized spacial score (nSPS) is 14.1. The van der Waals surface area contributed by atoms with Crippen LogP contribution in [0.3, 0.4) is 0 Å². The van der Waals surface area contributed by atoms with E-state index in [1.165, 1.54) is 11.3 Å². The fraction of sp³-hybridized carbons (Fsp3) is 0.261. The van der Waals surface area contributed by atoms with Crippen molar-refractivity contribution in [3.05, 3.63) is 52.3 Å². The Labute approximate surface area is 193 Å². The van der Waals surface area contributed by atoms with E-state index in [9.17, 15) is 14.7 Å². The highest BCUT2D eigenvalue weighted by atomic mass is 32.1. The number of anilines is 1. The average molecular weight is 466 g/mol. The zero-order chi connectivity index (χ0) is 23.1. The minimum Gasteiger partial charge on any atom is -0.505 e. The molecule has 1 aromatic carbocycles. The molecule has 1 saturated heterocycles. The third kappa shape index (κ3) is 3.77. The highest BCUT2D eigenvalue weighted by molar-refractivity contribution is 7.12. The van der Waals surface area contributed by atoms with E-state index in [2.05, 4.69) is 5.32 Å². The summed E-state index contributed by atoms with van der Waals surface area (Å²) < 4.78 is 8.89. The molecule has 1 aliphatic heterocycles. The molecule has 2 amide bonds. The number of aromatic hydroxyl groups is 1. The van der Waals surface area contributed by atoms with Gasteiger partial charge in [0, 0.05) is 39.1 Å². The van der Waals surface area contributed by atoms with Crippen molar-refractivity contribution in [2.24, 2.45) is 14.1 Å². The lowest BCUT2D eigenvalue weighted by Gasteiger charge is -2.26. The molecule has 0 aliphatic carbocycles. The first-order valence-corrected chi connectivity index (χ1v) is 11.4. The molecule has 0 radical (unpaired) electrons. The van der Waals surface area contributed by atoms with Crippen molar-refractivity contribution in [3.63, 3.8) is 0 Å². The summed E-state index contributed by atoms with van der Waals surface area (Å²) in [6.07, 6.45) is 1.63. The number of aryl methyl sites for hydroxylation is 2. The van der Waals surface area contributed by atoms with Crippen LogP contribution in [-0.2, 0) is 18.8 Å². The predicted octanol–water partition coefficient (Wildman–Crippen LogP) is 3.07. The van der Waals surface area contributed by atoms with Gasteiger partial charge in [0.05, 0.1) is 34.7 Å². The molecule has 170 valence electrons. The largest absolute Gasteiger partial charge is 0.505 e. The average Bonchev–Trinajstić information content (AvgIpc) is 3.53. The van der Waals surface area contributed by atoms with Gasteiger partial charge in [-0.05, 0) is 29.6 Å². The van der Waals surface area contributed by atoms with Gasteiger partial charge < -0.3 is 29.2 Å². The Bertz CT molecular complexity index is 1350. The van der Waals surface area contributed by atoms with Crippen LogP contribution >= 0.6 is 11.3 Å². The van der Waals surface area contributed by atoms with Crippen molar-refractivity contribution < 1.29 is 19.4 Å². The summed E-state index contributed by atoms with van der Waals surface area (Å²) in [5, 5.41) is 15.7. The smallest absolute Gasteiger partial charge is 0.265 e. The van der Waals surface area contributed by atoms with Crippen LogP contribution in [0, 0.1) is 0 Å². The zero-order valence-electron chi connectivity index (χ0n) is 18.2. The van der Waals surface area contributed by atoms with Crippen molar-refractivity contribution in [3.8, 4) is 17.3 Å². The number of nitrogens with zero attached hydrogens (tertiary/aromatic N) is 4. The maximum Gasteiger partial charge on any atom is 0.265 e. The number of benzene rings is 1. The molecule has 5 rings (SSSR count). The van der Waals surface area contributed by atoms with Crippen molar-refractivity contribution in [1.29, 1.82) is 0 Å². The van der Waals surface area contributed by atoms with Gasteiger partial charge in [-0.3, -0.25) is 9.59 Å². The number of imidazole rings is 1. The van der Waals surface area contributed by atoms with Gasteiger partial charge in [-0.25, -0.2) is 4.98 Å². The number of ether oxygens (including phenoxy) is 1. The topological polar surface area (TPSA) is 102 Å². The number of nitrogens with one attached hydrogen (secondary N) is 1. The van der Waals surface area contributed by atoms with Gasteiger partial charge >= 0.3 is 0 Å². The molecule has 9 nitrogen and oxygen atoms in total. The maximum atomic E-state index is 12.9. The Balaban J connectivity index is 1.48. The van der Waals surface area contributed by atoms with Crippen LogP contribution in [0.1, 0.15) is 20.0 Å². The quantitative estimate of drug-likeness (QED) is 0.482. The lowest BCUT2D eigenvalue weighted by molar-refractivity contribution is 0.0301. The molecule has 0 unspecified atom stereocenters. The Kier molecular flexibility index (Phi) is 5.39. The molecule has 4 aromatic rings. The Morgan fingerprint density at radius 1 is 1.18 bits per heavy atom. The molecule has 1 fully saturated rings. The Hall–Kier alpha value is -3.63. The molecule has 3 aromatic heterocycles. The minimum atomic E-state index is -0.227. The van der Waals surface area contributed by atoms with Gasteiger partial charge in [-0.2, -0.15) is 0 Å². The molecule has 2 N–H and O–H groups in total. The summed E-state index contributed by atoms with van der Waals surface area (Å²) in [6.45, 7) is 1.97. The number of rotatable bonds is 4. The molecular weight excluding hydrogens is 442 g/mol. The number of fused-ring (bicyclic) bond motifs is 1. The maximum absolute atomic E-state index is 12.9. The van der Waals surface area contributed by atoms with Crippen LogP contribution in [-0.4, -0.2) is 62.2 Å². The predicted molar refractivity (Wildman–Crippen MR) is 126 cm³/mol.